The summed E-state index contributed by atoms with van der Waals surface area (Å²) < 4.78 is 3.65. The molecule has 3 heterocycles. The molecule has 142 valence electrons. The van der Waals surface area contributed by atoms with Gasteiger partial charge in [-0.2, -0.15) is 4.98 Å². The summed E-state index contributed by atoms with van der Waals surface area (Å²) >= 11 is 0. The number of imidazole rings is 1. The Morgan fingerprint density at radius 2 is 2.00 bits per heavy atom. The number of rotatable bonds is 4. The lowest BCUT2D eigenvalue weighted by atomic mass is 10.1. The minimum Gasteiger partial charge on any atom is -0.341 e. The summed E-state index contributed by atoms with van der Waals surface area (Å²) in [6.45, 7) is 4.23. The third-order valence-corrected chi connectivity index (χ3v) is 5.30. The van der Waals surface area contributed by atoms with Crippen molar-refractivity contribution in [2.45, 2.75) is 38.8 Å². The molecule has 0 bridgehead atoms. The van der Waals surface area contributed by atoms with E-state index in [1.54, 1.807) is 11.6 Å². The first-order valence-corrected chi connectivity index (χ1v) is 9.59. The van der Waals surface area contributed by atoms with Crippen LogP contribution in [0.4, 0.5) is 5.95 Å². The fourth-order valence-electron chi connectivity index (χ4n) is 3.86. The number of aromatic nitrogens is 4. The summed E-state index contributed by atoms with van der Waals surface area (Å²) in [6, 6.07) is 10.3. The minimum atomic E-state index is -0.0483. The molecule has 2 aromatic heterocycles. The molecule has 0 radical (unpaired) electrons. The standard InChI is InChI=1S/C20H26N6O/c1-3-16-22-18-17(19(27)24(16)2)26(12-14-8-5-4-6-9-14)20(23-18)25-11-7-10-15(21)13-25/h4-6,8-9,15H,3,7,10-13,21H2,1-2H3. The molecule has 1 saturated heterocycles. The van der Waals surface area contributed by atoms with Gasteiger partial charge in [-0.25, -0.2) is 4.98 Å². The fraction of sp³-hybridized carbons (Fsp3) is 0.450. The van der Waals surface area contributed by atoms with Crippen LogP contribution < -0.4 is 16.2 Å². The Hall–Kier alpha value is -2.67. The van der Waals surface area contributed by atoms with E-state index in [2.05, 4.69) is 22.0 Å². The maximum absolute atomic E-state index is 13.1. The lowest BCUT2D eigenvalue weighted by Crippen LogP contribution is -2.44. The van der Waals surface area contributed by atoms with Gasteiger partial charge < -0.3 is 10.6 Å². The molecule has 7 nitrogen and oxygen atoms in total. The Balaban J connectivity index is 1.91. The number of hydrogen-bond acceptors (Lipinski definition) is 5. The summed E-state index contributed by atoms with van der Waals surface area (Å²) in [6.07, 6.45) is 2.74. The van der Waals surface area contributed by atoms with Gasteiger partial charge in [-0.1, -0.05) is 37.3 Å². The Labute approximate surface area is 158 Å². The van der Waals surface area contributed by atoms with E-state index >= 15 is 0 Å². The second kappa shape index (κ2) is 7.15. The highest BCUT2D eigenvalue weighted by atomic mass is 16.1. The van der Waals surface area contributed by atoms with Gasteiger partial charge in [-0.3, -0.25) is 13.9 Å². The van der Waals surface area contributed by atoms with Crippen LogP contribution in [-0.2, 0) is 20.0 Å². The first-order chi connectivity index (χ1) is 13.1. The number of piperidine rings is 1. The van der Waals surface area contributed by atoms with Crippen molar-refractivity contribution in [3.05, 3.63) is 52.1 Å². The molecule has 1 fully saturated rings. The number of anilines is 1. The van der Waals surface area contributed by atoms with Crippen molar-refractivity contribution in [3.63, 3.8) is 0 Å². The Morgan fingerprint density at radius 1 is 1.22 bits per heavy atom. The molecule has 3 aromatic rings. The van der Waals surface area contributed by atoms with Gasteiger partial charge in [-0.05, 0) is 18.4 Å². The van der Waals surface area contributed by atoms with Gasteiger partial charge in [0, 0.05) is 32.6 Å². The zero-order chi connectivity index (χ0) is 19.0. The predicted molar refractivity (Wildman–Crippen MR) is 107 cm³/mol. The molecule has 1 aromatic carbocycles. The third-order valence-electron chi connectivity index (χ3n) is 5.30. The Morgan fingerprint density at radius 3 is 2.70 bits per heavy atom. The molecule has 27 heavy (non-hydrogen) atoms. The van der Waals surface area contributed by atoms with Crippen LogP contribution in [0.2, 0.25) is 0 Å². The fourth-order valence-corrected chi connectivity index (χ4v) is 3.86. The van der Waals surface area contributed by atoms with Gasteiger partial charge in [0.2, 0.25) is 5.95 Å². The maximum atomic E-state index is 13.1. The molecule has 0 spiro atoms. The second-order valence-electron chi connectivity index (χ2n) is 7.25. The summed E-state index contributed by atoms with van der Waals surface area (Å²) in [5.74, 6) is 1.54. The summed E-state index contributed by atoms with van der Waals surface area (Å²) in [5.41, 5.74) is 8.37. The number of benzene rings is 1. The lowest BCUT2D eigenvalue weighted by molar-refractivity contribution is 0.495. The second-order valence-corrected chi connectivity index (χ2v) is 7.25. The molecule has 2 N–H and O–H groups in total. The van der Waals surface area contributed by atoms with Gasteiger partial charge in [0.05, 0.1) is 6.54 Å². The van der Waals surface area contributed by atoms with Gasteiger partial charge in [0.25, 0.3) is 5.56 Å². The van der Waals surface area contributed by atoms with E-state index in [-0.39, 0.29) is 11.6 Å². The smallest absolute Gasteiger partial charge is 0.279 e. The molecule has 1 unspecified atom stereocenters. The number of aryl methyl sites for hydroxylation is 1. The molecule has 1 aliphatic heterocycles. The van der Waals surface area contributed by atoms with Crippen LogP contribution in [0, 0.1) is 0 Å². The molecule has 0 saturated carbocycles. The number of nitrogens with two attached hydrogens (primary N) is 1. The van der Waals surface area contributed by atoms with E-state index in [0.29, 0.717) is 24.1 Å². The third kappa shape index (κ3) is 3.23. The van der Waals surface area contributed by atoms with Crippen molar-refractivity contribution in [2.75, 3.05) is 18.0 Å². The predicted octanol–water partition coefficient (Wildman–Crippen LogP) is 1.67. The monoisotopic (exact) mass is 366 g/mol. The average Bonchev–Trinajstić information content (AvgIpc) is 3.04. The minimum absolute atomic E-state index is 0.0483. The summed E-state index contributed by atoms with van der Waals surface area (Å²) in [5, 5.41) is 0. The van der Waals surface area contributed by atoms with Crippen LogP contribution in [0.1, 0.15) is 31.2 Å². The van der Waals surface area contributed by atoms with E-state index in [4.69, 9.17) is 10.7 Å². The quantitative estimate of drug-likeness (QED) is 0.759. The van der Waals surface area contributed by atoms with E-state index in [0.717, 1.165) is 43.3 Å². The van der Waals surface area contributed by atoms with E-state index in [1.807, 2.05) is 29.7 Å². The van der Waals surface area contributed by atoms with Crippen LogP contribution in [0.3, 0.4) is 0 Å². The van der Waals surface area contributed by atoms with Gasteiger partial charge in [0.15, 0.2) is 11.2 Å². The van der Waals surface area contributed by atoms with Crippen molar-refractivity contribution in [2.24, 2.45) is 12.8 Å². The van der Waals surface area contributed by atoms with Crippen molar-refractivity contribution in [3.8, 4) is 0 Å². The van der Waals surface area contributed by atoms with Gasteiger partial charge >= 0.3 is 0 Å². The topological polar surface area (TPSA) is 82.0 Å². The molecule has 7 heteroatoms. The van der Waals surface area contributed by atoms with Crippen LogP contribution in [0.25, 0.3) is 11.2 Å². The molecule has 1 atom stereocenters. The Bertz CT molecular complexity index is 1010. The SMILES string of the molecule is CCc1nc2nc(N3CCCC(N)C3)n(Cc3ccccc3)c2c(=O)n1C. The van der Waals surface area contributed by atoms with Crippen molar-refractivity contribution < 1.29 is 0 Å². The van der Waals surface area contributed by atoms with E-state index < -0.39 is 0 Å². The maximum Gasteiger partial charge on any atom is 0.279 e. The molecule has 0 amide bonds. The van der Waals surface area contributed by atoms with E-state index in [1.165, 1.54) is 0 Å². The largest absolute Gasteiger partial charge is 0.341 e. The van der Waals surface area contributed by atoms with Crippen molar-refractivity contribution in [1.29, 1.82) is 0 Å². The Kier molecular flexibility index (Phi) is 4.70. The van der Waals surface area contributed by atoms with Gasteiger partial charge in [-0.15, -0.1) is 0 Å². The molecular formula is C20H26N6O. The normalized spacial score (nSPS) is 17.6. The lowest BCUT2D eigenvalue weighted by Gasteiger charge is -2.31. The summed E-state index contributed by atoms with van der Waals surface area (Å²) in [4.78, 5) is 24.7. The first kappa shape index (κ1) is 17.7. The average molecular weight is 366 g/mol. The van der Waals surface area contributed by atoms with Crippen molar-refractivity contribution >= 4 is 17.1 Å². The van der Waals surface area contributed by atoms with Crippen LogP contribution in [0.15, 0.2) is 35.1 Å². The van der Waals surface area contributed by atoms with E-state index in [9.17, 15) is 4.79 Å². The zero-order valence-corrected chi connectivity index (χ0v) is 15.9. The number of nitrogens with zero attached hydrogens (tertiary/aromatic N) is 5. The highest BCUT2D eigenvalue weighted by Gasteiger charge is 2.25. The number of fused-ring (bicyclic) bond motifs is 1. The van der Waals surface area contributed by atoms with Gasteiger partial charge in [0.1, 0.15) is 5.82 Å². The highest BCUT2D eigenvalue weighted by Crippen LogP contribution is 2.24. The highest BCUT2D eigenvalue weighted by molar-refractivity contribution is 5.74. The van der Waals surface area contributed by atoms with Crippen LogP contribution >= 0.6 is 0 Å². The number of hydrogen-bond donors (Lipinski definition) is 1. The molecule has 1 aliphatic rings. The molecule has 0 aliphatic carbocycles. The zero-order valence-electron chi connectivity index (χ0n) is 15.9. The summed E-state index contributed by atoms with van der Waals surface area (Å²) in [7, 11) is 1.78. The molecular weight excluding hydrogens is 340 g/mol. The molecule has 4 rings (SSSR count). The first-order valence-electron chi connectivity index (χ1n) is 9.59. The van der Waals surface area contributed by atoms with Crippen molar-refractivity contribution in [1.82, 2.24) is 19.1 Å². The van der Waals surface area contributed by atoms with Crippen LogP contribution in [0.5, 0.6) is 0 Å². The van der Waals surface area contributed by atoms with Crippen LogP contribution in [-0.4, -0.2) is 38.2 Å².